The van der Waals surface area contributed by atoms with Crippen LogP contribution in [0.2, 0.25) is 5.82 Å². The molecule has 0 aliphatic heterocycles. The molecule has 0 atom stereocenters. The third-order valence-electron chi connectivity index (χ3n) is 0.959. The van der Waals surface area contributed by atoms with Gasteiger partial charge in [-0.15, -0.1) is 0 Å². The fourth-order valence-corrected chi connectivity index (χ4v) is 3.76. The molecule has 1 aromatic heterocycles. The van der Waals surface area contributed by atoms with Gasteiger partial charge in [-0.3, -0.25) is 0 Å². The van der Waals surface area contributed by atoms with Gasteiger partial charge in [-0.1, -0.05) is 0 Å². The van der Waals surface area contributed by atoms with Crippen LogP contribution in [0.25, 0.3) is 0 Å². The van der Waals surface area contributed by atoms with E-state index in [1.165, 1.54) is 4.21 Å². The summed E-state index contributed by atoms with van der Waals surface area (Å²) in [5, 5.41) is 0. The predicted molar refractivity (Wildman–Crippen MR) is 47.4 cm³/mol. The molecule has 0 aliphatic rings. The Morgan fingerprint density at radius 3 is 2.67 bits per heavy atom. The van der Waals surface area contributed by atoms with E-state index >= 15 is 0 Å². The second-order valence-corrected chi connectivity index (χ2v) is 6.03. The van der Waals surface area contributed by atoms with Gasteiger partial charge in [0.2, 0.25) is 0 Å². The van der Waals surface area contributed by atoms with Gasteiger partial charge >= 0.3 is 70.3 Å². The number of rotatable bonds is 2. The van der Waals surface area contributed by atoms with Gasteiger partial charge in [0.1, 0.15) is 0 Å². The minimum atomic E-state index is 0.693. The van der Waals surface area contributed by atoms with Crippen LogP contribution in [0.3, 0.4) is 0 Å². The number of hydrogen-bond acceptors (Lipinski definition) is 2. The molecule has 3 heteroatoms. The Balaban J connectivity index is 2.74. The van der Waals surface area contributed by atoms with Crippen molar-refractivity contribution in [2.75, 3.05) is 6.26 Å². The van der Waals surface area contributed by atoms with Crippen molar-refractivity contribution >= 4 is 41.8 Å². The van der Waals surface area contributed by atoms with Crippen LogP contribution in [0.15, 0.2) is 16.3 Å². The van der Waals surface area contributed by atoms with Gasteiger partial charge in [-0.05, 0) is 0 Å². The number of hydrogen-bond donors (Lipinski definition) is 0. The molecule has 1 heterocycles. The molecule has 0 saturated carbocycles. The van der Waals surface area contributed by atoms with Crippen LogP contribution in [0.1, 0.15) is 0 Å². The second kappa shape index (κ2) is 3.67. The summed E-state index contributed by atoms with van der Waals surface area (Å²) in [6.45, 7) is 0. The molecule has 0 amide bonds. The van der Waals surface area contributed by atoms with Crippen LogP contribution in [0.4, 0.5) is 0 Å². The SMILES string of the molecule is CSc1ccc([Se]C)s1. The van der Waals surface area contributed by atoms with Gasteiger partial charge in [0.25, 0.3) is 0 Å². The van der Waals surface area contributed by atoms with Crippen molar-refractivity contribution in [1.29, 1.82) is 0 Å². The van der Waals surface area contributed by atoms with E-state index in [0.29, 0.717) is 15.0 Å². The van der Waals surface area contributed by atoms with Crippen LogP contribution >= 0.6 is 23.1 Å². The Morgan fingerprint density at radius 1 is 1.56 bits per heavy atom. The van der Waals surface area contributed by atoms with Crippen molar-refractivity contribution in [3.05, 3.63) is 12.1 Å². The van der Waals surface area contributed by atoms with Crippen LogP contribution in [0.5, 0.6) is 0 Å². The molecule has 0 spiro atoms. The maximum atomic E-state index is 2.25. The van der Waals surface area contributed by atoms with Gasteiger partial charge < -0.3 is 0 Å². The maximum absolute atomic E-state index is 2.25. The fraction of sp³-hybridized carbons (Fsp3) is 0.333. The van der Waals surface area contributed by atoms with E-state index < -0.39 is 0 Å². The van der Waals surface area contributed by atoms with Gasteiger partial charge in [0.15, 0.2) is 0 Å². The molecule has 9 heavy (non-hydrogen) atoms. The van der Waals surface area contributed by atoms with E-state index in [4.69, 9.17) is 0 Å². The minimum absolute atomic E-state index is 0.693. The Bertz CT molecular complexity index is 164. The molecule has 1 rings (SSSR count). The summed E-state index contributed by atoms with van der Waals surface area (Å²) in [7, 11) is 0. The molecule has 0 unspecified atom stereocenters. The Labute approximate surface area is 70.2 Å². The average Bonchev–Trinajstić information content (AvgIpc) is 2.34. The van der Waals surface area contributed by atoms with Gasteiger partial charge in [0.05, 0.1) is 0 Å². The van der Waals surface area contributed by atoms with Crippen molar-refractivity contribution in [2.45, 2.75) is 10.0 Å². The van der Waals surface area contributed by atoms with Crippen molar-refractivity contribution < 1.29 is 0 Å². The summed E-state index contributed by atoms with van der Waals surface area (Å²) in [4.78, 5) is 0. The van der Waals surface area contributed by atoms with Crippen molar-refractivity contribution in [3.8, 4) is 0 Å². The van der Waals surface area contributed by atoms with Gasteiger partial charge in [0, 0.05) is 0 Å². The topological polar surface area (TPSA) is 0 Å². The van der Waals surface area contributed by atoms with Crippen molar-refractivity contribution in [1.82, 2.24) is 0 Å². The second-order valence-electron chi connectivity index (χ2n) is 1.48. The summed E-state index contributed by atoms with van der Waals surface area (Å²) in [6, 6.07) is 4.44. The molecule has 0 fully saturated rings. The van der Waals surface area contributed by atoms with Crippen LogP contribution in [-0.2, 0) is 0 Å². The van der Waals surface area contributed by atoms with Crippen LogP contribution in [-0.4, -0.2) is 21.2 Å². The summed E-state index contributed by atoms with van der Waals surface area (Å²) >= 11 is 4.45. The fourth-order valence-electron chi connectivity index (χ4n) is 0.523. The predicted octanol–water partition coefficient (Wildman–Crippen LogP) is 1.85. The summed E-state index contributed by atoms with van der Waals surface area (Å²) in [6.07, 6.45) is 2.12. The number of thiophene rings is 1. The van der Waals surface area contributed by atoms with Gasteiger partial charge in [-0.25, -0.2) is 0 Å². The van der Waals surface area contributed by atoms with E-state index in [-0.39, 0.29) is 0 Å². The monoisotopic (exact) mass is 224 g/mol. The van der Waals surface area contributed by atoms with Crippen LogP contribution < -0.4 is 3.78 Å². The Hall–Kier alpha value is 0.569. The summed E-state index contributed by atoms with van der Waals surface area (Å²) in [5.74, 6) is 2.25. The first-order valence-corrected chi connectivity index (χ1v) is 7.15. The van der Waals surface area contributed by atoms with E-state index in [9.17, 15) is 0 Å². The zero-order valence-electron chi connectivity index (χ0n) is 5.38. The number of thioether (sulfide) groups is 1. The quantitative estimate of drug-likeness (QED) is 0.544. The first kappa shape index (κ1) is 7.67. The first-order valence-electron chi connectivity index (χ1n) is 2.54. The molecule has 1 aromatic rings. The van der Waals surface area contributed by atoms with Crippen molar-refractivity contribution in [2.24, 2.45) is 0 Å². The van der Waals surface area contributed by atoms with Gasteiger partial charge in [-0.2, -0.15) is 0 Å². The van der Waals surface area contributed by atoms with E-state index in [2.05, 4.69) is 24.2 Å². The molecule has 0 saturated heterocycles. The Morgan fingerprint density at radius 2 is 2.33 bits per heavy atom. The van der Waals surface area contributed by atoms with E-state index in [1.54, 1.807) is 3.78 Å². The normalized spacial score (nSPS) is 10.0. The molecule has 0 nitrogen and oxygen atoms in total. The zero-order valence-corrected chi connectivity index (χ0v) is 8.73. The Kier molecular flexibility index (Phi) is 3.13. The first-order chi connectivity index (χ1) is 4.36. The molecule has 0 aliphatic carbocycles. The third-order valence-corrected chi connectivity index (χ3v) is 5.44. The molecular weight excluding hydrogens is 215 g/mol. The van der Waals surface area contributed by atoms with Crippen molar-refractivity contribution in [3.63, 3.8) is 0 Å². The standard InChI is InChI=1S/C6H8S2Se/c1-7-5-3-4-6(8-5)9-2/h3-4H,1-2H3. The molecule has 0 radical (unpaired) electrons. The molecular formula is C6H8S2Se. The molecule has 0 N–H and O–H groups in total. The van der Waals surface area contributed by atoms with E-state index in [0.717, 1.165) is 0 Å². The zero-order chi connectivity index (χ0) is 6.69. The third kappa shape index (κ3) is 2.01. The average molecular weight is 223 g/mol. The molecule has 0 bridgehead atoms. The van der Waals surface area contributed by atoms with Crippen LogP contribution in [0, 0.1) is 0 Å². The molecule has 0 aromatic carbocycles. The van der Waals surface area contributed by atoms with E-state index in [1.807, 2.05) is 23.1 Å². The molecule has 50 valence electrons. The summed E-state index contributed by atoms with van der Waals surface area (Å²) in [5.41, 5.74) is 0. The summed E-state index contributed by atoms with van der Waals surface area (Å²) < 4.78 is 2.99.